The largest absolute Gasteiger partial charge is 0.380 e. The molecule has 1 aromatic rings. The lowest BCUT2D eigenvalue weighted by atomic mass is 9.57. The molecule has 0 unspecified atom stereocenters. The molecule has 2 N–H and O–H groups in total. The molecule has 0 saturated carbocycles. The van der Waals surface area contributed by atoms with Gasteiger partial charge in [0.1, 0.15) is 0 Å². The van der Waals surface area contributed by atoms with Gasteiger partial charge < -0.3 is 15.2 Å². The topological polar surface area (TPSA) is 57.4 Å². The Kier molecular flexibility index (Phi) is 2.24. The van der Waals surface area contributed by atoms with Crippen LogP contribution in [0.25, 0.3) is 0 Å². The number of ether oxygens (including phenoxy) is 2. The van der Waals surface area contributed by atoms with Gasteiger partial charge in [0, 0.05) is 24.4 Å². The Hall–Kier alpha value is -0.970. The van der Waals surface area contributed by atoms with Crippen LogP contribution in [0.3, 0.4) is 0 Å². The molecule has 3 rings (SSSR count). The molecule has 2 aliphatic rings. The molecule has 16 heavy (non-hydrogen) atoms. The van der Waals surface area contributed by atoms with Crippen LogP contribution < -0.4 is 5.73 Å². The molecular formula is C12H16N2O2. The summed E-state index contributed by atoms with van der Waals surface area (Å²) in [5.74, 6) is 0. The van der Waals surface area contributed by atoms with E-state index in [0.717, 1.165) is 26.4 Å². The predicted octanol–water partition coefficient (Wildman–Crippen LogP) is 0.325. The summed E-state index contributed by atoms with van der Waals surface area (Å²) >= 11 is 0. The quantitative estimate of drug-likeness (QED) is 0.797. The van der Waals surface area contributed by atoms with Crippen molar-refractivity contribution in [3.63, 3.8) is 0 Å². The molecule has 2 fully saturated rings. The van der Waals surface area contributed by atoms with Crippen LogP contribution in [0.4, 0.5) is 0 Å². The summed E-state index contributed by atoms with van der Waals surface area (Å²) in [6, 6.07) is 4.09. The van der Waals surface area contributed by atoms with Gasteiger partial charge in [-0.3, -0.25) is 4.98 Å². The molecule has 2 aliphatic heterocycles. The molecule has 3 heterocycles. The second kappa shape index (κ2) is 3.52. The van der Waals surface area contributed by atoms with Gasteiger partial charge in [0.25, 0.3) is 0 Å². The van der Waals surface area contributed by atoms with E-state index >= 15 is 0 Å². The number of nitrogens with zero attached hydrogens (tertiary/aromatic N) is 1. The van der Waals surface area contributed by atoms with Crippen molar-refractivity contribution >= 4 is 0 Å². The van der Waals surface area contributed by atoms with E-state index in [1.807, 2.05) is 12.3 Å². The summed E-state index contributed by atoms with van der Waals surface area (Å²) in [6.07, 6.45) is 3.72. The third-order valence-electron chi connectivity index (χ3n) is 4.07. The molecule has 0 radical (unpaired) electrons. The molecular weight excluding hydrogens is 204 g/mol. The monoisotopic (exact) mass is 220 g/mol. The van der Waals surface area contributed by atoms with E-state index in [9.17, 15) is 0 Å². The number of rotatable bonds is 3. The summed E-state index contributed by atoms with van der Waals surface area (Å²) in [4.78, 5) is 4.20. The smallest absolute Gasteiger partial charge is 0.0593 e. The van der Waals surface area contributed by atoms with Gasteiger partial charge in [-0.1, -0.05) is 6.07 Å². The molecule has 0 aromatic carbocycles. The van der Waals surface area contributed by atoms with Crippen LogP contribution in [0.2, 0.25) is 0 Å². The Labute approximate surface area is 94.8 Å². The minimum absolute atomic E-state index is 0.0221. The van der Waals surface area contributed by atoms with Gasteiger partial charge in [0.05, 0.1) is 31.8 Å². The predicted molar refractivity (Wildman–Crippen MR) is 59.0 cm³/mol. The zero-order chi connectivity index (χ0) is 11.1. The highest BCUT2D eigenvalue weighted by atomic mass is 16.5. The number of aromatic nitrogens is 1. The first-order chi connectivity index (χ1) is 7.83. The lowest BCUT2D eigenvalue weighted by Gasteiger charge is -2.59. The van der Waals surface area contributed by atoms with Crippen LogP contribution in [-0.2, 0) is 14.9 Å². The second-order valence-corrected chi connectivity index (χ2v) is 4.79. The summed E-state index contributed by atoms with van der Waals surface area (Å²) in [6.45, 7) is 3.59. The number of hydrogen-bond acceptors (Lipinski definition) is 4. The Morgan fingerprint density at radius 1 is 1.25 bits per heavy atom. The molecule has 4 nitrogen and oxygen atoms in total. The molecule has 86 valence electrons. The van der Waals surface area contributed by atoms with E-state index in [1.165, 1.54) is 5.56 Å². The maximum Gasteiger partial charge on any atom is 0.0593 e. The van der Waals surface area contributed by atoms with Crippen LogP contribution in [0.5, 0.6) is 0 Å². The number of pyridine rings is 1. The molecule has 0 atom stereocenters. The van der Waals surface area contributed by atoms with Crippen molar-refractivity contribution in [1.82, 2.24) is 4.98 Å². The lowest BCUT2D eigenvalue weighted by Crippen LogP contribution is -2.69. The minimum Gasteiger partial charge on any atom is -0.380 e. The SMILES string of the molecule is NCC1(C2(c3cccnc3)COC2)COC1. The molecule has 0 spiro atoms. The van der Waals surface area contributed by atoms with E-state index in [-0.39, 0.29) is 10.8 Å². The molecule has 4 heteroatoms. The maximum absolute atomic E-state index is 5.95. The highest BCUT2D eigenvalue weighted by molar-refractivity contribution is 5.31. The van der Waals surface area contributed by atoms with Crippen LogP contribution in [0, 0.1) is 5.41 Å². The summed E-state index contributed by atoms with van der Waals surface area (Å²) in [5.41, 5.74) is 7.25. The zero-order valence-corrected chi connectivity index (χ0v) is 9.19. The summed E-state index contributed by atoms with van der Waals surface area (Å²) in [5, 5.41) is 0. The fourth-order valence-corrected chi connectivity index (χ4v) is 2.67. The third kappa shape index (κ3) is 1.12. The van der Waals surface area contributed by atoms with Gasteiger partial charge in [-0.05, 0) is 11.6 Å². The van der Waals surface area contributed by atoms with Crippen LogP contribution in [0.1, 0.15) is 5.56 Å². The first-order valence-electron chi connectivity index (χ1n) is 5.59. The van der Waals surface area contributed by atoms with Crippen molar-refractivity contribution in [2.24, 2.45) is 11.1 Å². The van der Waals surface area contributed by atoms with Crippen molar-refractivity contribution < 1.29 is 9.47 Å². The van der Waals surface area contributed by atoms with Gasteiger partial charge in [0.15, 0.2) is 0 Å². The summed E-state index contributed by atoms with van der Waals surface area (Å²) < 4.78 is 10.8. The molecule has 0 bridgehead atoms. The highest BCUT2D eigenvalue weighted by Crippen LogP contribution is 2.50. The van der Waals surface area contributed by atoms with Crippen molar-refractivity contribution in [3.8, 4) is 0 Å². The standard InChI is InChI=1S/C12H16N2O2/c13-5-11(6-15-7-11)12(8-16-9-12)10-2-1-3-14-4-10/h1-4H,5-9,13H2. The number of hydrogen-bond donors (Lipinski definition) is 1. The van der Waals surface area contributed by atoms with Gasteiger partial charge in [-0.15, -0.1) is 0 Å². The second-order valence-electron chi connectivity index (χ2n) is 4.79. The van der Waals surface area contributed by atoms with E-state index in [2.05, 4.69) is 11.1 Å². The van der Waals surface area contributed by atoms with Crippen LogP contribution in [0.15, 0.2) is 24.5 Å². The Morgan fingerprint density at radius 3 is 2.38 bits per heavy atom. The Bertz CT molecular complexity index is 366. The molecule has 0 aliphatic carbocycles. The average Bonchev–Trinajstić information content (AvgIpc) is 2.22. The normalized spacial score (nSPS) is 25.6. The van der Waals surface area contributed by atoms with E-state index in [4.69, 9.17) is 15.2 Å². The van der Waals surface area contributed by atoms with Crippen molar-refractivity contribution in [3.05, 3.63) is 30.1 Å². The first kappa shape index (κ1) is 10.2. The Morgan fingerprint density at radius 2 is 2.00 bits per heavy atom. The highest BCUT2D eigenvalue weighted by Gasteiger charge is 2.60. The van der Waals surface area contributed by atoms with E-state index < -0.39 is 0 Å². The van der Waals surface area contributed by atoms with E-state index in [1.54, 1.807) is 6.20 Å². The summed E-state index contributed by atoms with van der Waals surface area (Å²) in [7, 11) is 0. The van der Waals surface area contributed by atoms with Crippen LogP contribution >= 0.6 is 0 Å². The van der Waals surface area contributed by atoms with Gasteiger partial charge in [-0.2, -0.15) is 0 Å². The third-order valence-corrected chi connectivity index (χ3v) is 4.07. The number of nitrogens with two attached hydrogens (primary N) is 1. The fourth-order valence-electron chi connectivity index (χ4n) is 2.67. The average molecular weight is 220 g/mol. The van der Waals surface area contributed by atoms with Gasteiger partial charge >= 0.3 is 0 Å². The van der Waals surface area contributed by atoms with Crippen molar-refractivity contribution in [2.45, 2.75) is 5.41 Å². The first-order valence-corrected chi connectivity index (χ1v) is 5.59. The molecule has 0 amide bonds. The maximum atomic E-state index is 5.95. The van der Waals surface area contributed by atoms with Crippen molar-refractivity contribution in [1.29, 1.82) is 0 Å². The molecule has 1 aromatic heterocycles. The Balaban J connectivity index is 2.00. The van der Waals surface area contributed by atoms with E-state index in [0.29, 0.717) is 6.54 Å². The van der Waals surface area contributed by atoms with Gasteiger partial charge in [0.2, 0.25) is 0 Å². The lowest BCUT2D eigenvalue weighted by molar-refractivity contribution is -0.223. The van der Waals surface area contributed by atoms with Gasteiger partial charge in [-0.25, -0.2) is 0 Å². The minimum atomic E-state index is 0.0221. The van der Waals surface area contributed by atoms with Crippen LogP contribution in [-0.4, -0.2) is 38.0 Å². The van der Waals surface area contributed by atoms with Crippen molar-refractivity contribution in [2.75, 3.05) is 33.0 Å². The molecule has 2 saturated heterocycles. The fraction of sp³-hybridized carbons (Fsp3) is 0.583. The zero-order valence-electron chi connectivity index (χ0n) is 9.19.